The highest BCUT2D eigenvalue weighted by atomic mass is 35.5. The van der Waals surface area contributed by atoms with Crippen molar-refractivity contribution in [1.29, 1.82) is 5.26 Å². The Morgan fingerprint density at radius 3 is 2.52 bits per heavy atom. The Hall–Kier alpha value is -3.55. The van der Waals surface area contributed by atoms with Gasteiger partial charge in [0.05, 0.1) is 16.6 Å². The van der Waals surface area contributed by atoms with E-state index >= 15 is 0 Å². The molecule has 142 valence electrons. The molecule has 0 amide bonds. The molecule has 0 saturated heterocycles. The zero-order chi connectivity index (χ0) is 20.2. The summed E-state index contributed by atoms with van der Waals surface area (Å²) in [5.74, 6) is 1.39. The molecule has 1 aromatic heterocycles. The molecule has 0 radical (unpaired) electrons. The second-order valence-electron chi connectivity index (χ2n) is 6.60. The van der Waals surface area contributed by atoms with Crippen LogP contribution >= 0.6 is 11.6 Å². The van der Waals surface area contributed by atoms with E-state index in [0.717, 1.165) is 27.9 Å². The van der Waals surface area contributed by atoms with Gasteiger partial charge in [0.25, 0.3) is 0 Å². The monoisotopic (exact) mass is 399 g/mol. The van der Waals surface area contributed by atoms with Crippen LogP contribution < -0.4 is 4.74 Å². The molecule has 0 saturated carbocycles. The van der Waals surface area contributed by atoms with E-state index in [2.05, 4.69) is 11.1 Å². The van der Waals surface area contributed by atoms with E-state index in [1.807, 2.05) is 90.5 Å². The van der Waals surface area contributed by atoms with Crippen molar-refractivity contribution in [2.45, 2.75) is 6.61 Å². The SMILES string of the molecule is Cn1c(C(C#N)=Cc2ccc(OCc3ccccc3Cl)cc2)nc2ccccc21. The molecule has 0 aliphatic carbocycles. The van der Waals surface area contributed by atoms with Gasteiger partial charge in [-0.1, -0.05) is 54.1 Å². The number of hydrogen-bond acceptors (Lipinski definition) is 3. The van der Waals surface area contributed by atoms with Gasteiger partial charge in [0, 0.05) is 17.6 Å². The maximum absolute atomic E-state index is 9.67. The van der Waals surface area contributed by atoms with Crippen LogP contribution in [-0.2, 0) is 13.7 Å². The number of aromatic nitrogens is 2. The van der Waals surface area contributed by atoms with Gasteiger partial charge in [0.2, 0.25) is 0 Å². The lowest BCUT2D eigenvalue weighted by Gasteiger charge is -2.08. The predicted molar refractivity (Wildman–Crippen MR) is 116 cm³/mol. The summed E-state index contributed by atoms with van der Waals surface area (Å²) in [6, 6.07) is 25.3. The molecule has 1 heterocycles. The zero-order valence-corrected chi connectivity index (χ0v) is 16.6. The van der Waals surface area contributed by atoms with Crippen LogP contribution in [0.1, 0.15) is 17.0 Å². The number of nitrogens with zero attached hydrogens (tertiary/aromatic N) is 3. The second-order valence-corrected chi connectivity index (χ2v) is 7.01. The van der Waals surface area contributed by atoms with Crippen molar-refractivity contribution in [3.63, 3.8) is 0 Å². The number of nitriles is 1. The number of allylic oxidation sites excluding steroid dienone is 1. The fourth-order valence-electron chi connectivity index (χ4n) is 3.14. The summed E-state index contributed by atoms with van der Waals surface area (Å²) in [5, 5.41) is 10.4. The Morgan fingerprint density at radius 2 is 1.79 bits per heavy atom. The van der Waals surface area contributed by atoms with E-state index in [-0.39, 0.29) is 0 Å². The molecule has 29 heavy (non-hydrogen) atoms. The van der Waals surface area contributed by atoms with Gasteiger partial charge in [-0.3, -0.25) is 0 Å². The molecule has 0 spiro atoms. The Morgan fingerprint density at radius 1 is 1.07 bits per heavy atom. The van der Waals surface area contributed by atoms with Crippen molar-refractivity contribution in [2.75, 3.05) is 0 Å². The summed E-state index contributed by atoms with van der Waals surface area (Å²) in [5.41, 5.74) is 4.21. The standard InChI is InChI=1S/C24H18ClN3O/c1-28-23-9-5-4-8-22(23)27-24(28)19(15-26)14-17-10-12-20(13-11-17)29-16-18-6-2-3-7-21(18)25/h2-14H,16H2,1H3. The highest BCUT2D eigenvalue weighted by molar-refractivity contribution is 6.31. The minimum absolute atomic E-state index is 0.401. The summed E-state index contributed by atoms with van der Waals surface area (Å²) in [6.07, 6.45) is 1.83. The molecule has 0 aliphatic heterocycles. The van der Waals surface area contributed by atoms with Crippen LogP contribution in [0, 0.1) is 11.3 Å². The first kappa shape index (κ1) is 18.8. The van der Waals surface area contributed by atoms with Gasteiger partial charge in [-0.05, 0) is 42.0 Å². The number of rotatable bonds is 5. The van der Waals surface area contributed by atoms with E-state index < -0.39 is 0 Å². The van der Waals surface area contributed by atoms with E-state index in [4.69, 9.17) is 16.3 Å². The number of fused-ring (bicyclic) bond motifs is 1. The molecule has 0 aliphatic rings. The summed E-state index contributed by atoms with van der Waals surface area (Å²) < 4.78 is 7.75. The number of hydrogen-bond donors (Lipinski definition) is 0. The van der Waals surface area contributed by atoms with Crippen molar-refractivity contribution in [3.8, 4) is 11.8 Å². The quantitative estimate of drug-likeness (QED) is 0.394. The number of benzene rings is 3. The molecule has 0 atom stereocenters. The minimum atomic E-state index is 0.401. The zero-order valence-electron chi connectivity index (χ0n) is 15.8. The van der Waals surface area contributed by atoms with E-state index in [9.17, 15) is 5.26 Å². The molecular formula is C24H18ClN3O. The molecule has 0 bridgehead atoms. The fraction of sp³-hybridized carbons (Fsp3) is 0.0833. The maximum Gasteiger partial charge on any atom is 0.151 e. The van der Waals surface area contributed by atoms with Crippen LogP contribution in [0.3, 0.4) is 0 Å². The summed E-state index contributed by atoms with van der Waals surface area (Å²) >= 11 is 6.16. The van der Waals surface area contributed by atoms with Crippen molar-refractivity contribution in [2.24, 2.45) is 7.05 Å². The van der Waals surface area contributed by atoms with Crippen molar-refractivity contribution in [3.05, 3.63) is 94.8 Å². The molecule has 0 fully saturated rings. The molecule has 0 unspecified atom stereocenters. The summed E-state index contributed by atoms with van der Waals surface area (Å²) in [6.45, 7) is 0.401. The van der Waals surface area contributed by atoms with Gasteiger partial charge >= 0.3 is 0 Å². The van der Waals surface area contributed by atoms with Gasteiger partial charge in [0.15, 0.2) is 5.82 Å². The third-order valence-corrected chi connectivity index (χ3v) is 5.06. The molecule has 3 aromatic carbocycles. The number of aryl methyl sites for hydroxylation is 1. The Balaban J connectivity index is 1.54. The summed E-state index contributed by atoms with van der Waals surface area (Å²) in [7, 11) is 1.92. The van der Waals surface area contributed by atoms with Crippen molar-refractivity contribution < 1.29 is 4.74 Å². The molecule has 4 rings (SSSR count). The van der Waals surface area contributed by atoms with Crippen LogP contribution in [0.4, 0.5) is 0 Å². The first-order chi connectivity index (χ1) is 14.2. The fourth-order valence-corrected chi connectivity index (χ4v) is 3.33. The van der Waals surface area contributed by atoms with E-state index in [0.29, 0.717) is 23.0 Å². The highest BCUT2D eigenvalue weighted by Gasteiger charge is 2.11. The predicted octanol–water partition coefficient (Wildman–Crippen LogP) is 5.87. The third-order valence-electron chi connectivity index (χ3n) is 4.69. The first-order valence-electron chi connectivity index (χ1n) is 9.15. The van der Waals surface area contributed by atoms with Crippen LogP contribution in [0.2, 0.25) is 5.02 Å². The minimum Gasteiger partial charge on any atom is -0.489 e. The van der Waals surface area contributed by atoms with Crippen molar-refractivity contribution >= 4 is 34.3 Å². The number of imidazole rings is 1. The van der Waals surface area contributed by atoms with Crippen LogP contribution in [0.5, 0.6) is 5.75 Å². The van der Waals surface area contributed by atoms with Gasteiger partial charge in [-0.15, -0.1) is 0 Å². The Bertz CT molecular complexity index is 1230. The molecule has 0 N–H and O–H groups in total. The third kappa shape index (κ3) is 4.01. The lowest BCUT2D eigenvalue weighted by atomic mass is 10.1. The lowest BCUT2D eigenvalue weighted by molar-refractivity contribution is 0.306. The molecule has 4 aromatic rings. The van der Waals surface area contributed by atoms with Gasteiger partial charge in [0.1, 0.15) is 18.4 Å². The number of para-hydroxylation sites is 2. The highest BCUT2D eigenvalue weighted by Crippen LogP contribution is 2.23. The first-order valence-corrected chi connectivity index (χ1v) is 9.53. The number of ether oxygens (including phenoxy) is 1. The normalized spacial score (nSPS) is 11.4. The molecule has 5 heteroatoms. The Kier molecular flexibility index (Phi) is 5.33. The average Bonchev–Trinajstić information content (AvgIpc) is 3.09. The Labute approximate surface area is 174 Å². The van der Waals surface area contributed by atoms with Gasteiger partial charge in [-0.2, -0.15) is 5.26 Å². The van der Waals surface area contributed by atoms with E-state index in [1.165, 1.54) is 0 Å². The van der Waals surface area contributed by atoms with Crippen LogP contribution in [0.25, 0.3) is 22.7 Å². The maximum atomic E-state index is 9.67. The topological polar surface area (TPSA) is 50.8 Å². The van der Waals surface area contributed by atoms with E-state index in [1.54, 1.807) is 0 Å². The van der Waals surface area contributed by atoms with Crippen LogP contribution in [-0.4, -0.2) is 9.55 Å². The van der Waals surface area contributed by atoms with Crippen molar-refractivity contribution in [1.82, 2.24) is 9.55 Å². The number of halogens is 1. The smallest absolute Gasteiger partial charge is 0.151 e. The second kappa shape index (κ2) is 8.22. The van der Waals surface area contributed by atoms with Gasteiger partial charge in [-0.25, -0.2) is 4.98 Å². The molecular weight excluding hydrogens is 382 g/mol. The average molecular weight is 400 g/mol. The van der Waals surface area contributed by atoms with Crippen LogP contribution in [0.15, 0.2) is 72.8 Å². The van der Waals surface area contributed by atoms with Gasteiger partial charge < -0.3 is 9.30 Å². The largest absolute Gasteiger partial charge is 0.489 e. The molecule has 4 nitrogen and oxygen atoms in total. The summed E-state index contributed by atoms with van der Waals surface area (Å²) in [4.78, 5) is 4.60. The lowest BCUT2D eigenvalue weighted by Crippen LogP contribution is -1.97.